The fourth-order valence-electron chi connectivity index (χ4n) is 2.41. The number of aromatic nitrogens is 1. The number of hydrogen-bond donors (Lipinski definition) is 2. The molecule has 1 heterocycles. The zero-order valence-electron chi connectivity index (χ0n) is 15.8. The molecule has 3 aromatic rings. The first-order chi connectivity index (χ1) is 13.7. The molecule has 8 heteroatoms. The third-order valence-corrected chi connectivity index (χ3v) is 6.57. The fourth-order valence-corrected chi connectivity index (χ4v) is 4.73. The van der Waals surface area contributed by atoms with E-state index in [1.54, 1.807) is 26.0 Å². The zero-order chi connectivity index (χ0) is 21.0. The van der Waals surface area contributed by atoms with Gasteiger partial charge in [0.2, 0.25) is 0 Å². The first-order valence-corrected chi connectivity index (χ1v) is 10.8. The fraction of sp³-hybridized carbons (Fsp3) is 0.190. The van der Waals surface area contributed by atoms with E-state index in [-0.39, 0.29) is 12.5 Å². The van der Waals surface area contributed by atoms with Crippen LogP contribution in [0.4, 0.5) is 0 Å². The minimum absolute atomic E-state index is 0.194. The van der Waals surface area contributed by atoms with Crippen LogP contribution < -0.4 is 5.32 Å². The first kappa shape index (κ1) is 21.4. The van der Waals surface area contributed by atoms with Crippen molar-refractivity contribution in [2.24, 2.45) is 0 Å². The van der Waals surface area contributed by atoms with Gasteiger partial charge in [0, 0.05) is 16.0 Å². The summed E-state index contributed by atoms with van der Waals surface area (Å²) < 4.78 is -0.293. The summed E-state index contributed by atoms with van der Waals surface area (Å²) in [5.41, 5.74) is 3.28. The highest BCUT2D eigenvalue weighted by atomic mass is 35.5. The van der Waals surface area contributed by atoms with E-state index in [4.69, 9.17) is 11.6 Å². The Bertz CT molecular complexity index is 1020. The van der Waals surface area contributed by atoms with Gasteiger partial charge in [0.15, 0.2) is 4.34 Å². The maximum atomic E-state index is 12.4. The summed E-state index contributed by atoms with van der Waals surface area (Å²) in [6.45, 7) is 3.55. The van der Waals surface area contributed by atoms with Crippen molar-refractivity contribution in [1.29, 1.82) is 0 Å². The van der Waals surface area contributed by atoms with Gasteiger partial charge in [0.25, 0.3) is 5.91 Å². The maximum Gasteiger partial charge on any atom is 0.319 e. The normalized spacial score (nSPS) is 11.3. The molecule has 0 aliphatic rings. The summed E-state index contributed by atoms with van der Waals surface area (Å²) in [4.78, 5) is 28.0. The third-order valence-electron chi connectivity index (χ3n) is 4.14. The summed E-state index contributed by atoms with van der Waals surface area (Å²) in [5, 5.41) is 14.6. The van der Waals surface area contributed by atoms with Crippen molar-refractivity contribution in [3.8, 4) is 11.1 Å². The van der Waals surface area contributed by atoms with Gasteiger partial charge in [0.05, 0.1) is 12.2 Å². The van der Waals surface area contributed by atoms with E-state index in [0.717, 1.165) is 11.1 Å². The van der Waals surface area contributed by atoms with E-state index < -0.39 is 10.7 Å². The number of halogens is 1. The Morgan fingerprint density at radius 1 is 1.10 bits per heavy atom. The molecule has 0 aliphatic carbocycles. The van der Waals surface area contributed by atoms with Gasteiger partial charge in [-0.3, -0.25) is 9.59 Å². The molecule has 1 aromatic heterocycles. The van der Waals surface area contributed by atoms with Crippen molar-refractivity contribution >= 4 is 46.6 Å². The van der Waals surface area contributed by atoms with Crippen molar-refractivity contribution in [1.82, 2.24) is 10.3 Å². The van der Waals surface area contributed by atoms with Gasteiger partial charge >= 0.3 is 5.97 Å². The second kappa shape index (κ2) is 8.98. The van der Waals surface area contributed by atoms with Crippen LogP contribution >= 0.6 is 34.7 Å². The predicted molar refractivity (Wildman–Crippen MR) is 118 cm³/mol. The second-order valence-electron chi connectivity index (χ2n) is 6.79. The highest BCUT2D eigenvalue weighted by molar-refractivity contribution is 8.02. The van der Waals surface area contributed by atoms with E-state index >= 15 is 0 Å². The summed E-state index contributed by atoms with van der Waals surface area (Å²) in [5.74, 6) is -1.09. The molecular weight excluding hydrogens is 428 g/mol. The molecule has 0 spiro atoms. The van der Waals surface area contributed by atoms with E-state index in [2.05, 4.69) is 10.3 Å². The number of carboxylic acid groups (broad SMARTS) is 1. The van der Waals surface area contributed by atoms with E-state index in [9.17, 15) is 14.7 Å². The lowest BCUT2D eigenvalue weighted by Crippen LogP contribution is -2.26. The lowest BCUT2D eigenvalue weighted by molar-refractivity contribution is -0.138. The molecule has 2 aromatic carbocycles. The van der Waals surface area contributed by atoms with Crippen molar-refractivity contribution in [3.63, 3.8) is 0 Å². The number of nitrogens with one attached hydrogen (secondary N) is 1. The largest absolute Gasteiger partial charge is 0.480 e. The zero-order valence-corrected chi connectivity index (χ0v) is 18.2. The average molecular weight is 447 g/mol. The number of carbonyl (C=O) groups is 2. The molecule has 29 heavy (non-hydrogen) atoms. The molecule has 1 amide bonds. The number of carboxylic acids is 1. The van der Waals surface area contributed by atoms with Crippen LogP contribution in [0, 0.1) is 0 Å². The number of carbonyl (C=O) groups excluding carboxylic acids is 1. The number of thioether (sulfide) groups is 1. The number of thiazole rings is 1. The quantitative estimate of drug-likeness (QED) is 0.478. The lowest BCUT2D eigenvalue weighted by Gasteiger charge is -2.15. The molecule has 0 atom stereocenters. The van der Waals surface area contributed by atoms with Crippen LogP contribution in [0.5, 0.6) is 0 Å². The summed E-state index contributed by atoms with van der Waals surface area (Å²) in [7, 11) is 0. The number of rotatable bonds is 7. The minimum atomic E-state index is -0.954. The van der Waals surface area contributed by atoms with Crippen molar-refractivity contribution < 1.29 is 14.7 Å². The Labute approximate surface area is 182 Å². The minimum Gasteiger partial charge on any atom is -0.480 e. The van der Waals surface area contributed by atoms with Crippen LogP contribution in [-0.4, -0.2) is 26.7 Å². The van der Waals surface area contributed by atoms with Gasteiger partial charge in [-0.2, -0.15) is 0 Å². The number of nitrogens with zero attached hydrogens (tertiary/aromatic N) is 1. The lowest BCUT2D eigenvalue weighted by atomic mass is 10.0. The second-order valence-corrected chi connectivity index (χ2v) is 9.95. The Morgan fingerprint density at radius 3 is 2.28 bits per heavy atom. The Kier molecular flexibility index (Phi) is 6.62. The topological polar surface area (TPSA) is 79.3 Å². The van der Waals surface area contributed by atoms with Crippen LogP contribution in [0.15, 0.2) is 58.3 Å². The van der Waals surface area contributed by atoms with E-state index in [0.29, 0.717) is 20.6 Å². The van der Waals surface area contributed by atoms with Crippen molar-refractivity contribution in [3.05, 3.63) is 70.2 Å². The highest BCUT2D eigenvalue weighted by Gasteiger charge is 2.29. The van der Waals surface area contributed by atoms with Gasteiger partial charge in [-0.15, -0.1) is 11.3 Å². The first-order valence-electron chi connectivity index (χ1n) is 8.75. The van der Waals surface area contributed by atoms with Crippen molar-refractivity contribution in [2.45, 2.75) is 29.5 Å². The highest BCUT2D eigenvalue weighted by Crippen LogP contribution is 2.34. The van der Waals surface area contributed by atoms with Crippen molar-refractivity contribution in [2.75, 3.05) is 0 Å². The third kappa shape index (κ3) is 5.59. The molecule has 0 fully saturated rings. The average Bonchev–Trinajstić information content (AvgIpc) is 3.13. The Hall–Kier alpha value is -2.35. The molecule has 0 bridgehead atoms. The van der Waals surface area contributed by atoms with Gasteiger partial charge in [0.1, 0.15) is 4.75 Å². The molecule has 0 radical (unpaired) electrons. The number of amides is 1. The van der Waals surface area contributed by atoms with Crippen LogP contribution in [0.1, 0.15) is 29.9 Å². The molecule has 0 aliphatic heterocycles. The van der Waals surface area contributed by atoms with Gasteiger partial charge in [-0.05, 0) is 49.2 Å². The molecule has 5 nitrogen and oxygen atoms in total. The van der Waals surface area contributed by atoms with E-state index in [1.165, 1.54) is 23.1 Å². The standard InChI is InChI=1S/C21H19ClN2O3S2/c1-21(2,19(26)27)29-20-24-17(12-28-20)11-23-18(25)15-5-3-13(4-6-15)14-7-9-16(22)10-8-14/h3-10,12H,11H2,1-2H3,(H,23,25)(H,26,27). The number of aliphatic carboxylic acids is 1. The monoisotopic (exact) mass is 446 g/mol. The maximum absolute atomic E-state index is 12.4. The summed E-state index contributed by atoms with van der Waals surface area (Å²) in [6, 6.07) is 14.9. The Morgan fingerprint density at radius 2 is 1.69 bits per heavy atom. The molecular formula is C21H19ClN2O3S2. The van der Waals surface area contributed by atoms with Crippen LogP contribution in [0.25, 0.3) is 11.1 Å². The molecule has 150 valence electrons. The summed E-state index contributed by atoms with van der Waals surface area (Å²) >= 11 is 8.48. The van der Waals surface area contributed by atoms with Gasteiger partial charge in [-0.25, -0.2) is 4.98 Å². The van der Waals surface area contributed by atoms with Crippen LogP contribution in [-0.2, 0) is 11.3 Å². The van der Waals surface area contributed by atoms with Gasteiger partial charge < -0.3 is 10.4 Å². The molecule has 0 saturated carbocycles. The molecule has 0 unspecified atom stereocenters. The SMILES string of the molecule is CC(C)(Sc1nc(CNC(=O)c2ccc(-c3ccc(Cl)cc3)cc2)cs1)C(=O)O. The number of benzene rings is 2. The molecule has 3 rings (SSSR count). The van der Waals surface area contributed by atoms with Crippen LogP contribution in [0.2, 0.25) is 5.02 Å². The molecule has 2 N–H and O–H groups in total. The Balaban J connectivity index is 1.58. The van der Waals surface area contributed by atoms with Gasteiger partial charge in [-0.1, -0.05) is 47.6 Å². The smallest absolute Gasteiger partial charge is 0.319 e. The molecule has 0 saturated heterocycles. The summed E-state index contributed by atoms with van der Waals surface area (Å²) in [6.07, 6.45) is 0. The van der Waals surface area contributed by atoms with Crippen LogP contribution in [0.3, 0.4) is 0 Å². The van der Waals surface area contributed by atoms with E-state index in [1.807, 2.05) is 41.8 Å². The number of hydrogen-bond acceptors (Lipinski definition) is 5. The predicted octanol–water partition coefficient (Wildman–Crippen LogP) is 5.35.